The monoisotopic (exact) mass is 338 g/mol. The summed E-state index contributed by atoms with van der Waals surface area (Å²) in [5, 5.41) is 19.4. The normalized spacial score (nSPS) is 10.6. The van der Waals surface area contributed by atoms with Gasteiger partial charge in [-0.2, -0.15) is 0 Å². The van der Waals surface area contributed by atoms with E-state index < -0.39 is 5.97 Å². The van der Waals surface area contributed by atoms with Crippen LogP contribution in [0.2, 0.25) is 0 Å². The molecule has 0 saturated carbocycles. The van der Waals surface area contributed by atoms with Crippen LogP contribution >= 0.6 is 15.9 Å². The molecule has 6 nitrogen and oxygen atoms in total. The third-order valence-electron chi connectivity index (χ3n) is 2.86. The van der Waals surface area contributed by atoms with E-state index in [0.29, 0.717) is 13.1 Å². The van der Waals surface area contributed by atoms with Gasteiger partial charge in [-0.1, -0.05) is 21.1 Å². The zero-order chi connectivity index (χ0) is 14.7. The molecule has 0 fully saturated rings. The van der Waals surface area contributed by atoms with E-state index in [-0.39, 0.29) is 5.69 Å². The molecule has 0 aliphatic carbocycles. The molecule has 0 amide bonds. The fraction of sp³-hybridized carbons (Fsp3) is 0.308. The van der Waals surface area contributed by atoms with Crippen molar-refractivity contribution in [2.45, 2.75) is 20.4 Å². The summed E-state index contributed by atoms with van der Waals surface area (Å²) < 4.78 is 2.63. The van der Waals surface area contributed by atoms with Crippen LogP contribution < -0.4 is 5.32 Å². The number of anilines is 1. The molecular formula is C13H15BrN4O2. The third kappa shape index (κ3) is 3.36. The standard InChI is InChI=1S/C13H15BrN4O2/c1-8-5-10(6-9(2)12(8)14)15-3-4-18-7-11(13(19)20)16-17-18/h5-7,15H,3-4H2,1-2H3,(H,19,20). The number of nitrogens with zero attached hydrogens (tertiary/aromatic N) is 3. The molecule has 0 radical (unpaired) electrons. The highest BCUT2D eigenvalue weighted by Gasteiger charge is 2.07. The number of rotatable bonds is 5. The first kappa shape index (κ1) is 14.5. The summed E-state index contributed by atoms with van der Waals surface area (Å²) in [6.07, 6.45) is 1.42. The van der Waals surface area contributed by atoms with Gasteiger partial charge in [0.2, 0.25) is 0 Å². The van der Waals surface area contributed by atoms with E-state index in [9.17, 15) is 4.79 Å². The Labute approximate surface area is 124 Å². The lowest BCUT2D eigenvalue weighted by molar-refractivity contribution is 0.0690. The summed E-state index contributed by atoms with van der Waals surface area (Å²) in [7, 11) is 0. The molecule has 7 heteroatoms. The third-order valence-corrected chi connectivity index (χ3v) is 4.12. The second-order valence-electron chi connectivity index (χ2n) is 4.52. The van der Waals surface area contributed by atoms with E-state index in [0.717, 1.165) is 10.2 Å². The number of hydrogen-bond donors (Lipinski definition) is 2. The lowest BCUT2D eigenvalue weighted by Gasteiger charge is -2.10. The van der Waals surface area contributed by atoms with Gasteiger partial charge in [0.05, 0.1) is 12.7 Å². The van der Waals surface area contributed by atoms with Crippen molar-refractivity contribution in [3.8, 4) is 0 Å². The molecule has 0 atom stereocenters. The van der Waals surface area contributed by atoms with Crippen LogP contribution in [0, 0.1) is 13.8 Å². The van der Waals surface area contributed by atoms with Crippen LogP contribution in [0.25, 0.3) is 0 Å². The second kappa shape index (κ2) is 6.04. The Bertz CT molecular complexity index is 616. The summed E-state index contributed by atoms with van der Waals surface area (Å²) in [5.74, 6) is -1.07. The van der Waals surface area contributed by atoms with E-state index >= 15 is 0 Å². The van der Waals surface area contributed by atoms with Crippen LogP contribution in [-0.4, -0.2) is 32.6 Å². The molecule has 0 saturated heterocycles. The lowest BCUT2D eigenvalue weighted by Crippen LogP contribution is -2.11. The van der Waals surface area contributed by atoms with E-state index in [4.69, 9.17) is 5.11 Å². The molecular weight excluding hydrogens is 324 g/mol. The molecule has 20 heavy (non-hydrogen) atoms. The maximum atomic E-state index is 10.7. The number of carboxylic acid groups (broad SMARTS) is 1. The first-order valence-corrected chi connectivity index (χ1v) is 6.90. The molecule has 0 aliphatic rings. The number of halogens is 1. The number of aryl methyl sites for hydroxylation is 2. The quantitative estimate of drug-likeness (QED) is 0.875. The smallest absolute Gasteiger partial charge is 0.358 e. The van der Waals surface area contributed by atoms with Crippen molar-refractivity contribution in [1.29, 1.82) is 0 Å². The number of aromatic nitrogens is 3. The summed E-state index contributed by atoms with van der Waals surface area (Å²) in [5.41, 5.74) is 3.32. The minimum Gasteiger partial charge on any atom is -0.476 e. The van der Waals surface area contributed by atoms with Gasteiger partial charge in [0.25, 0.3) is 0 Å². The summed E-state index contributed by atoms with van der Waals surface area (Å²) >= 11 is 3.53. The number of carbonyl (C=O) groups is 1. The fourth-order valence-electron chi connectivity index (χ4n) is 1.87. The van der Waals surface area contributed by atoms with E-state index in [1.807, 2.05) is 13.8 Å². The molecule has 0 aliphatic heterocycles. The number of aromatic carboxylic acids is 1. The Balaban J connectivity index is 1.94. The molecule has 1 aromatic carbocycles. The zero-order valence-electron chi connectivity index (χ0n) is 11.2. The van der Waals surface area contributed by atoms with Crippen molar-refractivity contribution in [2.24, 2.45) is 0 Å². The molecule has 0 bridgehead atoms. The van der Waals surface area contributed by atoms with Crippen LogP contribution in [-0.2, 0) is 6.54 Å². The van der Waals surface area contributed by atoms with Gasteiger partial charge in [-0.15, -0.1) is 5.10 Å². The maximum absolute atomic E-state index is 10.7. The Hall–Kier alpha value is -1.89. The average molecular weight is 339 g/mol. The molecule has 2 aromatic rings. The fourth-order valence-corrected chi connectivity index (χ4v) is 2.10. The number of hydrogen-bond acceptors (Lipinski definition) is 4. The molecule has 1 heterocycles. The van der Waals surface area contributed by atoms with Crippen LogP contribution in [0.1, 0.15) is 21.6 Å². The molecule has 2 rings (SSSR count). The predicted octanol–water partition coefficient (Wildman–Crippen LogP) is 2.47. The van der Waals surface area contributed by atoms with E-state index in [2.05, 4.69) is 43.7 Å². The minimum absolute atomic E-state index is 0.0414. The van der Waals surface area contributed by atoms with Crippen LogP contribution in [0.4, 0.5) is 5.69 Å². The SMILES string of the molecule is Cc1cc(NCCn2cc(C(=O)O)nn2)cc(C)c1Br. The zero-order valence-corrected chi connectivity index (χ0v) is 12.8. The average Bonchev–Trinajstić information content (AvgIpc) is 2.85. The van der Waals surface area contributed by atoms with Crippen molar-refractivity contribution >= 4 is 27.6 Å². The van der Waals surface area contributed by atoms with Gasteiger partial charge < -0.3 is 10.4 Å². The van der Waals surface area contributed by atoms with Crippen molar-refractivity contribution in [2.75, 3.05) is 11.9 Å². The highest BCUT2D eigenvalue weighted by Crippen LogP contribution is 2.24. The Morgan fingerprint density at radius 3 is 2.60 bits per heavy atom. The van der Waals surface area contributed by atoms with Crippen LogP contribution in [0.5, 0.6) is 0 Å². The molecule has 106 valence electrons. The predicted molar refractivity (Wildman–Crippen MR) is 79.1 cm³/mol. The molecule has 0 unspecified atom stereocenters. The van der Waals surface area contributed by atoms with Crippen LogP contribution in [0.3, 0.4) is 0 Å². The molecule has 0 spiro atoms. The summed E-state index contributed by atoms with van der Waals surface area (Å²) in [6.45, 7) is 5.27. The van der Waals surface area contributed by atoms with E-state index in [1.165, 1.54) is 22.0 Å². The lowest BCUT2D eigenvalue weighted by atomic mass is 10.1. The van der Waals surface area contributed by atoms with Crippen LogP contribution in [0.15, 0.2) is 22.8 Å². The van der Waals surface area contributed by atoms with E-state index in [1.54, 1.807) is 0 Å². The Morgan fingerprint density at radius 1 is 1.40 bits per heavy atom. The highest BCUT2D eigenvalue weighted by molar-refractivity contribution is 9.10. The van der Waals surface area contributed by atoms with Crippen molar-refractivity contribution < 1.29 is 9.90 Å². The minimum atomic E-state index is -1.07. The summed E-state index contributed by atoms with van der Waals surface area (Å²) in [4.78, 5) is 10.7. The molecule has 2 N–H and O–H groups in total. The van der Waals surface area contributed by atoms with Gasteiger partial charge >= 0.3 is 5.97 Å². The maximum Gasteiger partial charge on any atom is 0.358 e. The first-order chi connectivity index (χ1) is 9.47. The van der Waals surface area contributed by atoms with Gasteiger partial charge in [0.1, 0.15) is 0 Å². The van der Waals surface area contributed by atoms with Gasteiger partial charge in [-0.05, 0) is 37.1 Å². The number of carboxylic acids is 1. The van der Waals surface area contributed by atoms with Crippen molar-refractivity contribution in [3.05, 3.63) is 39.6 Å². The van der Waals surface area contributed by atoms with Gasteiger partial charge in [0.15, 0.2) is 5.69 Å². The van der Waals surface area contributed by atoms with Crippen molar-refractivity contribution in [3.63, 3.8) is 0 Å². The van der Waals surface area contributed by atoms with Gasteiger partial charge in [-0.25, -0.2) is 9.48 Å². The topological polar surface area (TPSA) is 80.0 Å². The largest absolute Gasteiger partial charge is 0.476 e. The Morgan fingerprint density at radius 2 is 2.05 bits per heavy atom. The first-order valence-electron chi connectivity index (χ1n) is 6.11. The van der Waals surface area contributed by atoms with Crippen molar-refractivity contribution in [1.82, 2.24) is 15.0 Å². The van der Waals surface area contributed by atoms with Gasteiger partial charge in [-0.3, -0.25) is 0 Å². The highest BCUT2D eigenvalue weighted by atomic mass is 79.9. The molecule has 1 aromatic heterocycles. The summed E-state index contributed by atoms with van der Waals surface area (Å²) in [6, 6.07) is 4.11. The van der Waals surface area contributed by atoms with Gasteiger partial charge in [0, 0.05) is 16.7 Å². The number of benzene rings is 1. The number of nitrogens with one attached hydrogen (secondary N) is 1. The Kier molecular flexibility index (Phi) is 4.39. The second-order valence-corrected chi connectivity index (χ2v) is 5.32.